The van der Waals surface area contributed by atoms with E-state index < -0.39 is 5.82 Å². The Kier molecular flexibility index (Phi) is 3.57. The molecule has 0 saturated heterocycles. The first-order valence-corrected chi connectivity index (χ1v) is 8.26. The normalized spacial score (nSPS) is 15.4. The highest BCUT2D eigenvalue weighted by Crippen LogP contribution is 2.50. The maximum atomic E-state index is 13.3. The van der Waals surface area contributed by atoms with Crippen molar-refractivity contribution in [2.24, 2.45) is 0 Å². The fraction of sp³-hybridized carbons (Fsp3) is 0.211. The summed E-state index contributed by atoms with van der Waals surface area (Å²) in [7, 11) is 0. The smallest absolute Gasteiger partial charge is 0.251 e. The van der Waals surface area contributed by atoms with E-state index in [1.807, 2.05) is 24.4 Å². The van der Waals surface area contributed by atoms with Crippen LogP contribution >= 0.6 is 11.6 Å². The summed E-state index contributed by atoms with van der Waals surface area (Å²) in [5.41, 5.74) is 2.50. The summed E-state index contributed by atoms with van der Waals surface area (Å²) < 4.78 is 13.3. The number of nitrogens with one attached hydrogen (secondary N) is 2. The number of hydrogen-bond donors (Lipinski definition) is 2. The van der Waals surface area contributed by atoms with E-state index >= 15 is 0 Å². The van der Waals surface area contributed by atoms with E-state index in [0.717, 1.165) is 23.7 Å². The van der Waals surface area contributed by atoms with Gasteiger partial charge in [-0.3, -0.25) is 4.79 Å². The van der Waals surface area contributed by atoms with Crippen molar-refractivity contribution in [2.45, 2.75) is 18.3 Å². The monoisotopic (exact) mass is 342 g/mol. The Morgan fingerprint density at radius 1 is 1.25 bits per heavy atom. The first-order valence-electron chi connectivity index (χ1n) is 7.88. The lowest BCUT2D eigenvalue weighted by atomic mass is 9.95. The topological polar surface area (TPSA) is 44.9 Å². The molecule has 0 unspecified atom stereocenters. The summed E-state index contributed by atoms with van der Waals surface area (Å²) in [6.07, 6.45) is 4.02. The molecule has 3 nitrogen and oxygen atoms in total. The maximum Gasteiger partial charge on any atom is 0.251 e. The van der Waals surface area contributed by atoms with Crippen LogP contribution in [0.15, 0.2) is 48.7 Å². The zero-order valence-corrected chi connectivity index (χ0v) is 13.7. The van der Waals surface area contributed by atoms with Crippen LogP contribution in [0.5, 0.6) is 0 Å². The van der Waals surface area contributed by atoms with E-state index in [-0.39, 0.29) is 11.3 Å². The second-order valence-electron chi connectivity index (χ2n) is 6.37. The van der Waals surface area contributed by atoms with Crippen LogP contribution in [0.25, 0.3) is 10.9 Å². The number of amides is 1. The van der Waals surface area contributed by atoms with Crippen LogP contribution < -0.4 is 5.32 Å². The number of carbonyl (C=O) groups excluding carboxylic acids is 1. The van der Waals surface area contributed by atoms with Gasteiger partial charge in [-0.05, 0) is 54.8 Å². The third-order valence-corrected chi connectivity index (χ3v) is 4.98. The number of H-pyrrole nitrogens is 1. The summed E-state index contributed by atoms with van der Waals surface area (Å²) in [4.78, 5) is 15.5. The summed E-state index contributed by atoms with van der Waals surface area (Å²) in [5, 5.41) is 4.74. The first-order chi connectivity index (χ1) is 11.6. The molecule has 0 bridgehead atoms. The molecular weight excluding hydrogens is 327 g/mol. The van der Waals surface area contributed by atoms with Gasteiger partial charge < -0.3 is 10.3 Å². The molecule has 2 N–H and O–H groups in total. The van der Waals surface area contributed by atoms with Gasteiger partial charge in [0.15, 0.2) is 0 Å². The number of rotatable bonds is 4. The highest BCUT2D eigenvalue weighted by atomic mass is 35.5. The van der Waals surface area contributed by atoms with Crippen molar-refractivity contribution in [3.05, 3.63) is 70.6 Å². The van der Waals surface area contributed by atoms with Gasteiger partial charge in [-0.15, -0.1) is 0 Å². The fourth-order valence-electron chi connectivity index (χ4n) is 3.21. The Morgan fingerprint density at radius 2 is 2.08 bits per heavy atom. The van der Waals surface area contributed by atoms with Gasteiger partial charge in [0, 0.05) is 39.6 Å². The quantitative estimate of drug-likeness (QED) is 0.724. The number of carbonyl (C=O) groups is 1. The molecule has 1 saturated carbocycles. The van der Waals surface area contributed by atoms with E-state index in [1.165, 1.54) is 17.7 Å². The molecule has 1 aliphatic carbocycles. The summed E-state index contributed by atoms with van der Waals surface area (Å²) >= 11 is 6.12. The van der Waals surface area contributed by atoms with Crippen LogP contribution in [0.1, 0.15) is 28.8 Å². The Labute approximate surface area is 143 Å². The Hall–Kier alpha value is -2.33. The maximum absolute atomic E-state index is 13.3. The summed E-state index contributed by atoms with van der Waals surface area (Å²) in [6.45, 7) is 0.530. The van der Waals surface area contributed by atoms with Gasteiger partial charge in [-0.25, -0.2) is 4.39 Å². The molecular formula is C19H16ClFN2O. The Balaban J connectivity index is 1.55. The SMILES string of the molecule is O=C(NCC1(c2c[nH]c3ccc(Cl)cc23)CC1)c1cccc(F)c1. The van der Waals surface area contributed by atoms with Gasteiger partial charge in [-0.1, -0.05) is 17.7 Å². The largest absolute Gasteiger partial charge is 0.361 e. The Bertz CT molecular complexity index is 930. The molecule has 4 rings (SSSR count). The predicted octanol–water partition coefficient (Wildman–Crippen LogP) is 4.42. The number of aromatic nitrogens is 1. The second-order valence-corrected chi connectivity index (χ2v) is 6.80. The summed E-state index contributed by atoms with van der Waals surface area (Å²) in [6, 6.07) is 11.5. The van der Waals surface area contributed by atoms with Crippen LogP contribution in [0, 0.1) is 5.82 Å². The third kappa shape index (κ3) is 2.67. The Morgan fingerprint density at radius 3 is 2.83 bits per heavy atom. The number of fused-ring (bicyclic) bond motifs is 1. The van der Waals surface area contributed by atoms with Crippen molar-refractivity contribution in [1.29, 1.82) is 0 Å². The van der Waals surface area contributed by atoms with Gasteiger partial charge in [0.25, 0.3) is 5.91 Å². The number of aromatic amines is 1. The highest BCUT2D eigenvalue weighted by molar-refractivity contribution is 6.31. The standard InChI is InChI=1S/C19H16ClFN2O/c20-13-4-5-17-15(9-13)16(10-22-17)19(6-7-19)11-23-18(24)12-2-1-3-14(21)8-12/h1-5,8-10,22H,6-7,11H2,(H,23,24). The third-order valence-electron chi connectivity index (χ3n) is 4.74. The van der Waals surface area contributed by atoms with Crippen LogP contribution in [-0.2, 0) is 5.41 Å². The molecule has 1 amide bonds. The van der Waals surface area contributed by atoms with Gasteiger partial charge in [-0.2, -0.15) is 0 Å². The molecule has 0 atom stereocenters. The van der Waals surface area contributed by atoms with Crippen LogP contribution in [0.3, 0.4) is 0 Å². The van der Waals surface area contributed by atoms with E-state index in [9.17, 15) is 9.18 Å². The zero-order chi connectivity index (χ0) is 16.7. The summed E-state index contributed by atoms with van der Waals surface area (Å²) in [5.74, 6) is -0.659. The predicted molar refractivity (Wildman–Crippen MR) is 93.0 cm³/mol. The number of hydrogen-bond acceptors (Lipinski definition) is 1. The van der Waals surface area contributed by atoms with Crippen molar-refractivity contribution in [2.75, 3.05) is 6.54 Å². The molecule has 1 aromatic heterocycles. The molecule has 0 radical (unpaired) electrons. The molecule has 122 valence electrons. The number of halogens is 2. The molecule has 1 heterocycles. The van der Waals surface area contributed by atoms with Crippen molar-refractivity contribution in [1.82, 2.24) is 10.3 Å². The lowest BCUT2D eigenvalue weighted by Gasteiger charge is -2.16. The van der Waals surface area contributed by atoms with Crippen molar-refractivity contribution in [3.8, 4) is 0 Å². The molecule has 24 heavy (non-hydrogen) atoms. The highest BCUT2D eigenvalue weighted by Gasteiger charge is 2.45. The zero-order valence-electron chi connectivity index (χ0n) is 12.9. The van der Waals surface area contributed by atoms with Crippen LogP contribution in [0.4, 0.5) is 4.39 Å². The molecule has 5 heteroatoms. The lowest BCUT2D eigenvalue weighted by molar-refractivity contribution is 0.0949. The molecule has 3 aromatic rings. The average Bonchev–Trinajstić information content (AvgIpc) is 3.24. The van der Waals surface area contributed by atoms with Gasteiger partial charge in [0.05, 0.1) is 0 Å². The molecule has 2 aromatic carbocycles. The minimum atomic E-state index is -0.407. The van der Waals surface area contributed by atoms with Crippen molar-refractivity contribution in [3.63, 3.8) is 0 Å². The molecule has 1 fully saturated rings. The van der Waals surface area contributed by atoms with E-state index in [4.69, 9.17) is 11.6 Å². The van der Waals surface area contributed by atoms with Crippen LogP contribution in [0.2, 0.25) is 5.02 Å². The van der Waals surface area contributed by atoms with Gasteiger partial charge in [0.2, 0.25) is 0 Å². The van der Waals surface area contributed by atoms with E-state index in [2.05, 4.69) is 10.3 Å². The van der Waals surface area contributed by atoms with Crippen molar-refractivity contribution >= 4 is 28.4 Å². The van der Waals surface area contributed by atoms with Crippen LogP contribution in [-0.4, -0.2) is 17.4 Å². The number of benzene rings is 2. The molecule has 0 aliphatic heterocycles. The van der Waals surface area contributed by atoms with E-state index in [0.29, 0.717) is 17.1 Å². The minimum Gasteiger partial charge on any atom is -0.361 e. The first kappa shape index (κ1) is 15.2. The fourth-order valence-corrected chi connectivity index (χ4v) is 3.38. The average molecular weight is 343 g/mol. The van der Waals surface area contributed by atoms with Gasteiger partial charge >= 0.3 is 0 Å². The molecule has 1 aliphatic rings. The molecule has 0 spiro atoms. The lowest BCUT2D eigenvalue weighted by Crippen LogP contribution is -2.32. The minimum absolute atomic E-state index is 0.0636. The van der Waals surface area contributed by atoms with E-state index in [1.54, 1.807) is 12.1 Å². The van der Waals surface area contributed by atoms with Gasteiger partial charge in [0.1, 0.15) is 5.82 Å². The van der Waals surface area contributed by atoms with Crippen molar-refractivity contribution < 1.29 is 9.18 Å². The second kappa shape index (κ2) is 5.64.